The lowest BCUT2D eigenvalue weighted by Crippen LogP contribution is -2.62. The highest BCUT2D eigenvalue weighted by atomic mass is 32.1. The van der Waals surface area contributed by atoms with Gasteiger partial charge in [-0.15, -0.1) is 0 Å². The van der Waals surface area contributed by atoms with Gasteiger partial charge in [-0.25, -0.2) is 0 Å². The Hall–Kier alpha value is -1.17. The van der Waals surface area contributed by atoms with Crippen LogP contribution in [0.25, 0.3) is 0 Å². The van der Waals surface area contributed by atoms with Crippen molar-refractivity contribution in [2.24, 2.45) is 22.8 Å². The molecule has 0 aliphatic carbocycles. The van der Waals surface area contributed by atoms with Crippen molar-refractivity contribution >= 4 is 29.0 Å². The first-order chi connectivity index (χ1) is 8.02. The van der Waals surface area contributed by atoms with Crippen LogP contribution in [0.3, 0.4) is 0 Å². The Morgan fingerprint density at radius 3 is 1.94 bits per heavy atom. The summed E-state index contributed by atoms with van der Waals surface area (Å²) >= 11 is 4.93. The number of nitrogens with one attached hydrogen (secondary N) is 1. The molecule has 5 nitrogen and oxygen atoms in total. The summed E-state index contributed by atoms with van der Waals surface area (Å²) in [5.74, 6) is -1.08. The molecule has 2 unspecified atom stereocenters. The molecule has 0 radical (unpaired) electrons. The van der Waals surface area contributed by atoms with Crippen LogP contribution in [0.15, 0.2) is 0 Å². The summed E-state index contributed by atoms with van der Waals surface area (Å²) in [5.41, 5.74) is 8.89. The number of hydrogen-bond acceptors (Lipinski definition) is 3. The maximum absolute atomic E-state index is 12.3. The van der Waals surface area contributed by atoms with Crippen LogP contribution in [0.4, 0.5) is 0 Å². The molecule has 2 atom stereocenters. The molecule has 0 fully saturated rings. The van der Waals surface area contributed by atoms with Crippen molar-refractivity contribution in [3.8, 4) is 0 Å². The van der Waals surface area contributed by atoms with E-state index in [-0.39, 0.29) is 16.8 Å². The lowest BCUT2D eigenvalue weighted by Gasteiger charge is -2.35. The van der Waals surface area contributed by atoms with Crippen molar-refractivity contribution in [2.45, 2.75) is 46.6 Å². The van der Waals surface area contributed by atoms with Gasteiger partial charge in [-0.3, -0.25) is 9.59 Å². The highest BCUT2D eigenvalue weighted by molar-refractivity contribution is 7.80. The Bertz CT molecular complexity index is 370. The predicted octanol–water partition coefficient (Wildman–Crippen LogP) is 0.705. The fourth-order valence-corrected chi connectivity index (χ4v) is 1.55. The average Bonchev–Trinajstić information content (AvgIpc) is 2.26. The van der Waals surface area contributed by atoms with Gasteiger partial charge < -0.3 is 16.8 Å². The van der Waals surface area contributed by atoms with Gasteiger partial charge in [0.1, 0.15) is 5.54 Å². The van der Waals surface area contributed by atoms with Crippen molar-refractivity contribution in [2.75, 3.05) is 0 Å². The molecule has 0 aromatic rings. The Morgan fingerprint density at radius 2 is 1.72 bits per heavy atom. The third-order valence-corrected chi connectivity index (χ3v) is 4.24. The molecule has 0 aliphatic heterocycles. The third kappa shape index (κ3) is 2.98. The molecule has 0 aromatic carbocycles. The third-order valence-electron chi connectivity index (χ3n) is 3.79. The Balaban J connectivity index is 5.27. The summed E-state index contributed by atoms with van der Waals surface area (Å²) < 4.78 is 0. The normalized spacial score (nSPS) is 17.7. The molecule has 0 saturated heterocycles. The van der Waals surface area contributed by atoms with E-state index in [9.17, 15) is 9.59 Å². The molecule has 0 saturated carbocycles. The van der Waals surface area contributed by atoms with Crippen LogP contribution in [0.5, 0.6) is 0 Å². The van der Waals surface area contributed by atoms with Gasteiger partial charge in [-0.05, 0) is 26.2 Å². The monoisotopic (exact) mass is 273 g/mol. The smallest absolute Gasteiger partial charge is 0.243 e. The van der Waals surface area contributed by atoms with Crippen molar-refractivity contribution in [3.05, 3.63) is 0 Å². The Kier molecular flexibility index (Phi) is 5.28. The van der Waals surface area contributed by atoms with Crippen LogP contribution < -0.4 is 16.8 Å². The first-order valence-corrected chi connectivity index (χ1v) is 6.35. The van der Waals surface area contributed by atoms with Crippen molar-refractivity contribution < 1.29 is 9.59 Å². The zero-order valence-corrected chi connectivity index (χ0v) is 12.5. The van der Waals surface area contributed by atoms with E-state index >= 15 is 0 Å². The van der Waals surface area contributed by atoms with Crippen LogP contribution in [0, 0.1) is 11.3 Å². The van der Waals surface area contributed by atoms with Crippen LogP contribution in [-0.4, -0.2) is 22.3 Å². The van der Waals surface area contributed by atoms with Crippen molar-refractivity contribution in [1.29, 1.82) is 0 Å². The number of carbonyl (C=O) groups excluding carboxylic acids is 2. The molecule has 0 bridgehead atoms. The topological polar surface area (TPSA) is 98.2 Å². The van der Waals surface area contributed by atoms with E-state index in [1.807, 2.05) is 20.8 Å². The number of thiocarbonyl (C=S) groups is 1. The maximum Gasteiger partial charge on any atom is 0.243 e. The summed E-state index contributed by atoms with van der Waals surface area (Å²) in [6, 6.07) is 0. The number of carbonyl (C=O) groups is 2. The Morgan fingerprint density at radius 1 is 1.28 bits per heavy atom. The molecular formula is C12H23N3O2S. The second kappa shape index (κ2) is 5.65. The van der Waals surface area contributed by atoms with Gasteiger partial charge in [0.05, 0.1) is 10.4 Å². The van der Waals surface area contributed by atoms with E-state index in [0.717, 1.165) is 0 Å². The SMILES string of the molecule is CCC(C)(C(=O)NC(C)(C(N)=O)C(C)C)C(N)=S. The maximum atomic E-state index is 12.3. The van der Waals surface area contributed by atoms with Gasteiger partial charge in [0, 0.05) is 0 Å². The van der Waals surface area contributed by atoms with Crippen LogP contribution in [0.1, 0.15) is 41.0 Å². The summed E-state index contributed by atoms with van der Waals surface area (Å²) in [5, 5.41) is 2.68. The quantitative estimate of drug-likeness (QED) is 0.621. The van der Waals surface area contributed by atoms with E-state index < -0.39 is 16.9 Å². The van der Waals surface area contributed by atoms with Gasteiger partial charge in [-0.2, -0.15) is 0 Å². The number of hydrogen-bond donors (Lipinski definition) is 3. The standard InChI is InChI=1S/C12H23N3O2S/c1-6-11(4,9(14)18)10(17)15-12(5,7(2)3)8(13)16/h7H,6H2,1-5H3,(H2,13,16)(H2,14,18)(H,15,17). The second-order valence-electron chi connectivity index (χ2n) is 5.23. The number of rotatable bonds is 6. The molecule has 0 spiro atoms. The summed E-state index contributed by atoms with van der Waals surface area (Å²) in [6.45, 7) is 8.71. The van der Waals surface area contributed by atoms with E-state index in [0.29, 0.717) is 6.42 Å². The highest BCUT2D eigenvalue weighted by Gasteiger charge is 2.42. The molecule has 0 aromatic heterocycles. The minimum Gasteiger partial charge on any atom is -0.392 e. The predicted molar refractivity (Wildman–Crippen MR) is 75.8 cm³/mol. The van der Waals surface area contributed by atoms with E-state index in [1.165, 1.54) is 0 Å². The zero-order valence-electron chi connectivity index (χ0n) is 11.7. The molecule has 0 heterocycles. The molecule has 2 amide bonds. The van der Waals surface area contributed by atoms with Gasteiger partial charge >= 0.3 is 0 Å². The molecule has 104 valence electrons. The van der Waals surface area contributed by atoms with Crippen LogP contribution in [-0.2, 0) is 9.59 Å². The largest absolute Gasteiger partial charge is 0.392 e. The summed E-state index contributed by atoms with van der Waals surface area (Å²) in [7, 11) is 0. The minimum absolute atomic E-state index is 0.109. The zero-order chi connectivity index (χ0) is 14.7. The molecule has 5 N–H and O–H groups in total. The lowest BCUT2D eigenvalue weighted by molar-refractivity contribution is -0.136. The average molecular weight is 273 g/mol. The highest BCUT2D eigenvalue weighted by Crippen LogP contribution is 2.25. The number of primary amides is 1. The molecule has 0 rings (SSSR count). The fourth-order valence-electron chi connectivity index (χ4n) is 1.31. The van der Waals surface area contributed by atoms with Gasteiger partial charge in [0.15, 0.2) is 0 Å². The van der Waals surface area contributed by atoms with E-state index in [2.05, 4.69) is 5.32 Å². The van der Waals surface area contributed by atoms with E-state index in [4.69, 9.17) is 23.7 Å². The number of amides is 2. The fraction of sp³-hybridized carbons (Fsp3) is 0.750. The molecular weight excluding hydrogens is 250 g/mol. The minimum atomic E-state index is -1.11. The van der Waals surface area contributed by atoms with Crippen molar-refractivity contribution in [1.82, 2.24) is 5.32 Å². The van der Waals surface area contributed by atoms with Gasteiger partial charge in [0.2, 0.25) is 11.8 Å². The summed E-state index contributed by atoms with van der Waals surface area (Å²) in [4.78, 5) is 23.9. The van der Waals surface area contributed by atoms with Crippen LogP contribution in [0.2, 0.25) is 0 Å². The van der Waals surface area contributed by atoms with Gasteiger partial charge in [0.25, 0.3) is 0 Å². The van der Waals surface area contributed by atoms with E-state index in [1.54, 1.807) is 13.8 Å². The first kappa shape index (κ1) is 16.8. The van der Waals surface area contributed by atoms with Gasteiger partial charge in [-0.1, -0.05) is 33.0 Å². The summed E-state index contributed by atoms with van der Waals surface area (Å²) in [6.07, 6.45) is 0.459. The van der Waals surface area contributed by atoms with Crippen molar-refractivity contribution in [3.63, 3.8) is 0 Å². The second-order valence-corrected chi connectivity index (χ2v) is 5.67. The number of nitrogens with two attached hydrogens (primary N) is 2. The first-order valence-electron chi connectivity index (χ1n) is 5.94. The lowest BCUT2D eigenvalue weighted by atomic mass is 9.82. The van der Waals surface area contributed by atoms with Crippen LogP contribution >= 0.6 is 12.2 Å². The Labute approximate surface area is 114 Å². The molecule has 18 heavy (non-hydrogen) atoms. The molecule has 0 aliphatic rings. The molecule has 6 heteroatoms.